The number of sulfonamides is 1. The molecule has 0 unspecified atom stereocenters. The van der Waals surface area contributed by atoms with E-state index in [-0.39, 0.29) is 5.75 Å². The maximum Gasteiger partial charge on any atom is 0.214 e. The number of aryl methyl sites for hydroxylation is 1. The Hall–Kier alpha value is -0.620. The van der Waals surface area contributed by atoms with Gasteiger partial charge in [0.25, 0.3) is 0 Å². The van der Waals surface area contributed by atoms with Crippen molar-refractivity contribution in [1.29, 1.82) is 0 Å². The largest absolute Gasteiger partial charge is 0.301 e. The second-order valence-corrected chi connectivity index (χ2v) is 8.31. The molecule has 2 rings (SSSR count). The molecule has 1 aromatic carbocycles. The van der Waals surface area contributed by atoms with Crippen LogP contribution in [0.5, 0.6) is 0 Å². The van der Waals surface area contributed by atoms with Crippen LogP contribution >= 0.6 is 11.6 Å². The van der Waals surface area contributed by atoms with Crippen molar-refractivity contribution in [3.8, 4) is 0 Å². The van der Waals surface area contributed by atoms with Crippen molar-refractivity contribution in [2.75, 3.05) is 38.5 Å². The van der Waals surface area contributed by atoms with E-state index in [1.54, 1.807) is 4.31 Å². The molecule has 0 aliphatic carbocycles. The molecule has 22 heavy (non-hydrogen) atoms. The van der Waals surface area contributed by atoms with Gasteiger partial charge in [-0.05, 0) is 43.5 Å². The first kappa shape index (κ1) is 17.7. The fraction of sp³-hybridized carbons (Fsp3) is 0.625. The molecule has 124 valence electrons. The van der Waals surface area contributed by atoms with E-state index in [0.717, 1.165) is 37.5 Å². The Morgan fingerprint density at radius 3 is 2.32 bits per heavy atom. The minimum atomic E-state index is -3.03. The van der Waals surface area contributed by atoms with Crippen molar-refractivity contribution in [3.63, 3.8) is 0 Å². The Balaban J connectivity index is 1.70. The van der Waals surface area contributed by atoms with E-state index in [1.165, 1.54) is 5.56 Å². The Kier molecular flexibility index (Phi) is 6.68. The van der Waals surface area contributed by atoms with Gasteiger partial charge in [0.2, 0.25) is 10.0 Å². The van der Waals surface area contributed by atoms with E-state index in [2.05, 4.69) is 17.0 Å². The summed E-state index contributed by atoms with van der Waals surface area (Å²) in [7, 11) is -3.03. The van der Waals surface area contributed by atoms with Crippen LogP contribution in [0, 0.1) is 0 Å². The predicted octanol–water partition coefficient (Wildman–Crippen LogP) is 2.63. The standard InChI is InChI=1S/C16H25ClN2O2S/c1-2-14-22(20,21)19-12-10-18(11-13-19)9-3-4-15-5-7-16(17)8-6-15/h5-8H,2-4,9-14H2,1H3. The molecule has 0 spiro atoms. The molecule has 0 saturated carbocycles. The minimum Gasteiger partial charge on any atom is -0.301 e. The second-order valence-electron chi connectivity index (χ2n) is 5.79. The Morgan fingerprint density at radius 2 is 1.73 bits per heavy atom. The molecule has 0 radical (unpaired) electrons. The summed E-state index contributed by atoms with van der Waals surface area (Å²) < 4.78 is 25.7. The first-order chi connectivity index (χ1) is 10.5. The summed E-state index contributed by atoms with van der Waals surface area (Å²) in [5, 5.41) is 0.771. The molecule has 1 aromatic rings. The highest BCUT2D eigenvalue weighted by atomic mass is 35.5. The Morgan fingerprint density at radius 1 is 1.09 bits per heavy atom. The van der Waals surface area contributed by atoms with E-state index in [9.17, 15) is 8.42 Å². The zero-order valence-corrected chi connectivity index (χ0v) is 14.7. The summed E-state index contributed by atoms with van der Waals surface area (Å²) >= 11 is 5.88. The third-order valence-corrected chi connectivity index (χ3v) is 6.37. The van der Waals surface area contributed by atoms with Crippen molar-refractivity contribution in [1.82, 2.24) is 9.21 Å². The van der Waals surface area contributed by atoms with Gasteiger partial charge in [-0.3, -0.25) is 0 Å². The first-order valence-corrected chi connectivity index (χ1v) is 9.94. The van der Waals surface area contributed by atoms with Crippen molar-refractivity contribution < 1.29 is 8.42 Å². The molecular formula is C16H25ClN2O2S. The molecule has 1 saturated heterocycles. The summed E-state index contributed by atoms with van der Waals surface area (Å²) in [4.78, 5) is 2.36. The van der Waals surface area contributed by atoms with Gasteiger partial charge < -0.3 is 4.90 Å². The van der Waals surface area contributed by atoms with Crippen LogP contribution in [-0.2, 0) is 16.4 Å². The molecule has 0 amide bonds. The molecule has 1 aliphatic heterocycles. The lowest BCUT2D eigenvalue weighted by Gasteiger charge is -2.33. The van der Waals surface area contributed by atoms with Crippen LogP contribution < -0.4 is 0 Å². The third kappa shape index (κ3) is 5.23. The monoisotopic (exact) mass is 344 g/mol. The highest BCUT2D eigenvalue weighted by Crippen LogP contribution is 2.13. The second kappa shape index (κ2) is 8.29. The van der Waals surface area contributed by atoms with Crippen LogP contribution in [0.2, 0.25) is 5.02 Å². The Bertz CT molecular complexity index is 552. The van der Waals surface area contributed by atoms with E-state index in [4.69, 9.17) is 11.6 Å². The zero-order chi connectivity index (χ0) is 16.0. The number of piperazine rings is 1. The molecule has 0 bridgehead atoms. The van der Waals surface area contributed by atoms with Crippen molar-refractivity contribution in [3.05, 3.63) is 34.9 Å². The fourth-order valence-electron chi connectivity index (χ4n) is 2.78. The van der Waals surface area contributed by atoms with Gasteiger partial charge in [0.05, 0.1) is 5.75 Å². The van der Waals surface area contributed by atoms with Gasteiger partial charge in [-0.15, -0.1) is 0 Å². The van der Waals surface area contributed by atoms with Gasteiger partial charge in [-0.25, -0.2) is 8.42 Å². The highest BCUT2D eigenvalue weighted by molar-refractivity contribution is 7.89. The molecule has 0 N–H and O–H groups in total. The van der Waals surface area contributed by atoms with Crippen LogP contribution in [0.4, 0.5) is 0 Å². The van der Waals surface area contributed by atoms with Gasteiger partial charge in [-0.2, -0.15) is 4.31 Å². The summed E-state index contributed by atoms with van der Waals surface area (Å²) in [5.74, 6) is 0.267. The number of hydrogen-bond acceptors (Lipinski definition) is 3. The third-order valence-electron chi connectivity index (χ3n) is 4.04. The first-order valence-electron chi connectivity index (χ1n) is 7.96. The Labute approximate surface area is 139 Å². The van der Waals surface area contributed by atoms with Crippen LogP contribution in [0.1, 0.15) is 25.3 Å². The highest BCUT2D eigenvalue weighted by Gasteiger charge is 2.25. The van der Waals surface area contributed by atoms with Crippen LogP contribution in [0.3, 0.4) is 0 Å². The van der Waals surface area contributed by atoms with E-state index in [1.807, 2.05) is 19.1 Å². The molecule has 6 heteroatoms. The van der Waals surface area contributed by atoms with Crippen LogP contribution in [0.15, 0.2) is 24.3 Å². The average Bonchev–Trinajstić information content (AvgIpc) is 2.50. The van der Waals surface area contributed by atoms with E-state index < -0.39 is 10.0 Å². The lowest BCUT2D eigenvalue weighted by Crippen LogP contribution is -2.49. The minimum absolute atomic E-state index is 0.267. The number of nitrogens with zero attached hydrogens (tertiary/aromatic N) is 2. The smallest absolute Gasteiger partial charge is 0.214 e. The van der Waals surface area contributed by atoms with Crippen molar-refractivity contribution in [2.45, 2.75) is 26.2 Å². The summed E-state index contributed by atoms with van der Waals surface area (Å²) in [6.07, 6.45) is 2.80. The van der Waals surface area contributed by atoms with Gasteiger partial charge in [-0.1, -0.05) is 30.7 Å². The zero-order valence-electron chi connectivity index (χ0n) is 13.2. The summed E-state index contributed by atoms with van der Waals surface area (Å²) in [6, 6.07) is 7.98. The van der Waals surface area contributed by atoms with Crippen molar-refractivity contribution in [2.24, 2.45) is 0 Å². The van der Waals surface area contributed by atoms with Gasteiger partial charge >= 0.3 is 0 Å². The molecule has 0 atom stereocenters. The fourth-order valence-corrected chi connectivity index (χ4v) is 4.40. The number of rotatable bonds is 7. The van der Waals surface area contributed by atoms with Crippen molar-refractivity contribution >= 4 is 21.6 Å². The maximum absolute atomic E-state index is 12.0. The molecule has 1 aliphatic rings. The normalized spacial score (nSPS) is 17.7. The van der Waals surface area contributed by atoms with Crippen LogP contribution in [-0.4, -0.2) is 56.1 Å². The van der Waals surface area contributed by atoms with Gasteiger partial charge in [0.1, 0.15) is 0 Å². The van der Waals surface area contributed by atoms with E-state index >= 15 is 0 Å². The van der Waals surface area contributed by atoms with Gasteiger partial charge in [0.15, 0.2) is 0 Å². The quantitative estimate of drug-likeness (QED) is 0.763. The molecule has 0 aromatic heterocycles. The van der Waals surface area contributed by atoms with E-state index in [0.29, 0.717) is 19.5 Å². The lowest BCUT2D eigenvalue weighted by atomic mass is 10.1. The maximum atomic E-state index is 12.0. The SMILES string of the molecule is CCCS(=O)(=O)N1CCN(CCCc2ccc(Cl)cc2)CC1. The number of halogens is 1. The van der Waals surface area contributed by atoms with Crippen LogP contribution in [0.25, 0.3) is 0 Å². The molecule has 4 nitrogen and oxygen atoms in total. The molecule has 1 fully saturated rings. The molecular weight excluding hydrogens is 320 g/mol. The predicted molar refractivity (Wildman–Crippen MR) is 91.9 cm³/mol. The molecule has 1 heterocycles. The summed E-state index contributed by atoms with van der Waals surface area (Å²) in [6.45, 7) is 5.86. The number of benzene rings is 1. The van der Waals surface area contributed by atoms with Gasteiger partial charge in [0, 0.05) is 31.2 Å². The summed E-state index contributed by atoms with van der Waals surface area (Å²) in [5.41, 5.74) is 1.30. The lowest BCUT2D eigenvalue weighted by molar-refractivity contribution is 0.187. The average molecular weight is 345 g/mol. The topological polar surface area (TPSA) is 40.6 Å². The number of hydrogen-bond donors (Lipinski definition) is 0.